The van der Waals surface area contributed by atoms with E-state index >= 15 is 0 Å². The second-order valence-electron chi connectivity index (χ2n) is 3.66. The van der Waals surface area contributed by atoms with Crippen LogP contribution in [0.25, 0.3) is 0 Å². The average molecular weight is 301 g/mol. The van der Waals surface area contributed by atoms with Gasteiger partial charge in [-0.05, 0) is 23.8 Å². The molecule has 94 valence electrons. The molecule has 0 radical (unpaired) electrons. The Kier molecular flexibility index (Phi) is 4.58. The van der Waals surface area contributed by atoms with Crippen molar-refractivity contribution >= 4 is 40.4 Å². The van der Waals surface area contributed by atoms with Crippen LogP contribution in [0.2, 0.25) is 8.67 Å². The number of amides is 1. The average Bonchev–Trinajstić information content (AvgIpc) is 2.66. The lowest BCUT2D eigenvalue weighted by molar-refractivity contribution is -0.120. The van der Waals surface area contributed by atoms with Crippen molar-refractivity contribution in [3.8, 4) is 0 Å². The minimum Gasteiger partial charge on any atom is -0.352 e. The van der Waals surface area contributed by atoms with Gasteiger partial charge in [0.05, 0.1) is 15.1 Å². The van der Waals surface area contributed by atoms with Crippen LogP contribution in [0.15, 0.2) is 30.6 Å². The van der Waals surface area contributed by atoms with Gasteiger partial charge in [0.15, 0.2) is 0 Å². The number of carbonyl (C=O) groups is 1. The molecule has 0 spiro atoms. The van der Waals surface area contributed by atoms with Crippen molar-refractivity contribution in [1.82, 2.24) is 10.3 Å². The highest BCUT2D eigenvalue weighted by Gasteiger charge is 2.08. The van der Waals surface area contributed by atoms with Gasteiger partial charge in [-0.2, -0.15) is 0 Å². The second-order valence-corrected chi connectivity index (χ2v) is 5.94. The highest BCUT2D eigenvalue weighted by Crippen LogP contribution is 2.30. The van der Waals surface area contributed by atoms with E-state index in [9.17, 15) is 4.79 Å². The van der Waals surface area contributed by atoms with E-state index < -0.39 is 0 Å². The summed E-state index contributed by atoms with van der Waals surface area (Å²) in [6.07, 6.45) is 3.66. The van der Waals surface area contributed by atoms with Crippen molar-refractivity contribution in [2.45, 2.75) is 13.0 Å². The first-order chi connectivity index (χ1) is 8.65. The number of rotatable bonds is 4. The van der Waals surface area contributed by atoms with Gasteiger partial charge in [0.1, 0.15) is 0 Å². The summed E-state index contributed by atoms with van der Waals surface area (Å²) in [6, 6.07) is 5.39. The number of thiophene rings is 1. The normalized spacial score (nSPS) is 10.3. The van der Waals surface area contributed by atoms with Gasteiger partial charge in [0.25, 0.3) is 0 Å². The number of aromatic nitrogens is 1. The van der Waals surface area contributed by atoms with Gasteiger partial charge < -0.3 is 5.32 Å². The first kappa shape index (κ1) is 13.3. The lowest BCUT2D eigenvalue weighted by Gasteiger charge is -2.04. The number of hydrogen-bond donors (Lipinski definition) is 1. The number of hydrogen-bond acceptors (Lipinski definition) is 3. The molecule has 0 aliphatic heterocycles. The van der Waals surface area contributed by atoms with Crippen LogP contribution in [0.1, 0.15) is 11.1 Å². The number of nitrogens with zero attached hydrogens (tertiary/aromatic N) is 1. The highest BCUT2D eigenvalue weighted by molar-refractivity contribution is 7.20. The van der Waals surface area contributed by atoms with E-state index in [1.54, 1.807) is 18.5 Å². The fourth-order valence-electron chi connectivity index (χ4n) is 1.44. The number of nitrogens with one attached hydrogen (secondary N) is 1. The summed E-state index contributed by atoms with van der Waals surface area (Å²) in [5.41, 5.74) is 1.77. The summed E-state index contributed by atoms with van der Waals surface area (Å²) in [6.45, 7) is 0.395. The van der Waals surface area contributed by atoms with Gasteiger partial charge in [0.2, 0.25) is 5.91 Å². The molecule has 6 heteroatoms. The zero-order valence-corrected chi connectivity index (χ0v) is 11.6. The summed E-state index contributed by atoms with van der Waals surface area (Å²) in [5.74, 6) is -0.0559. The molecule has 0 aliphatic rings. The molecule has 0 atom stereocenters. The van der Waals surface area contributed by atoms with Crippen molar-refractivity contribution in [1.29, 1.82) is 0 Å². The molecule has 2 heterocycles. The smallest absolute Gasteiger partial charge is 0.224 e. The van der Waals surface area contributed by atoms with E-state index in [1.165, 1.54) is 11.3 Å². The molecule has 2 aromatic rings. The van der Waals surface area contributed by atoms with Crippen LogP contribution < -0.4 is 5.32 Å². The molecule has 2 rings (SSSR count). The number of pyridine rings is 1. The third kappa shape index (κ3) is 3.70. The summed E-state index contributed by atoms with van der Waals surface area (Å²) in [4.78, 5) is 15.6. The Hall–Kier alpha value is -1.10. The molecule has 1 N–H and O–H groups in total. The zero-order valence-electron chi connectivity index (χ0n) is 9.32. The fraction of sp³-hybridized carbons (Fsp3) is 0.167. The molecule has 1 amide bonds. The van der Waals surface area contributed by atoms with Crippen LogP contribution >= 0.6 is 34.5 Å². The second kappa shape index (κ2) is 6.18. The highest BCUT2D eigenvalue weighted by atomic mass is 35.5. The lowest BCUT2D eigenvalue weighted by atomic mass is 10.2. The van der Waals surface area contributed by atoms with Crippen LogP contribution in [0, 0.1) is 0 Å². The van der Waals surface area contributed by atoms with Crippen molar-refractivity contribution in [2.24, 2.45) is 0 Å². The monoisotopic (exact) mass is 300 g/mol. The predicted molar refractivity (Wildman–Crippen MR) is 74.1 cm³/mol. The van der Waals surface area contributed by atoms with Crippen LogP contribution in [0.5, 0.6) is 0 Å². The summed E-state index contributed by atoms with van der Waals surface area (Å²) in [7, 11) is 0. The van der Waals surface area contributed by atoms with E-state index in [4.69, 9.17) is 23.2 Å². The topological polar surface area (TPSA) is 42.0 Å². The zero-order chi connectivity index (χ0) is 13.0. The molecular formula is C12H10Cl2N2OS. The molecule has 0 aliphatic carbocycles. The Morgan fingerprint density at radius 2 is 2.06 bits per heavy atom. The Bertz CT molecular complexity index is 542. The van der Waals surface area contributed by atoms with Crippen molar-refractivity contribution in [2.75, 3.05) is 0 Å². The SMILES string of the molecule is O=C(Cc1ccncc1)NCc1cc(Cl)sc1Cl. The van der Waals surface area contributed by atoms with Crippen molar-refractivity contribution < 1.29 is 4.79 Å². The van der Waals surface area contributed by atoms with E-state index in [1.807, 2.05) is 12.1 Å². The third-order valence-electron chi connectivity index (χ3n) is 2.32. The van der Waals surface area contributed by atoms with E-state index in [-0.39, 0.29) is 5.91 Å². The van der Waals surface area contributed by atoms with E-state index in [2.05, 4.69) is 10.3 Å². The number of carbonyl (C=O) groups excluding carboxylic acids is 1. The summed E-state index contributed by atoms with van der Waals surface area (Å²) in [5, 5.41) is 2.81. The van der Waals surface area contributed by atoms with Gasteiger partial charge >= 0.3 is 0 Å². The Morgan fingerprint density at radius 3 is 2.67 bits per heavy atom. The standard InChI is InChI=1S/C12H10Cl2N2OS/c13-10-6-9(12(14)18-10)7-16-11(17)5-8-1-3-15-4-2-8/h1-4,6H,5,7H2,(H,16,17). The molecule has 0 saturated carbocycles. The number of halogens is 2. The first-order valence-electron chi connectivity index (χ1n) is 5.24. The minimum absolute atomic E-state index is 0.0559. The van der Waals surface area contributed by atoms with Gasteiger partial charge in [-0.1, -0.05) is 23.2 Å². The maximum absolute atomic E-state index is 11.7. The van der Waals surface area contributed by atoms with Gasteiger partial charge in [-0.15, -0.1) is 11.3 Å². The Balaban J connectivity index is 1.87. The Morgan fingerprint density at radius 1 is 1.33 bits per heavy atom. The Labute approximate surface area is 119 Å². The molecule has 0 saturated heterocycles. The van der Waals surface area contributed by atoms with Crippen LogP contribution in [-0.4, -0.2) is 10.9 Å². The third-order valence-corrected chi connectivity index (χ3v) is 3.89. The summed E-state index contributed by atoms with van der Waals surface area (Å²) >= 11 is 13.1. The molecule has 0 aromatic carbocycles. The maximum atomic E-state index is 11.7. The van der Waals surface area contributed by atoms with Crippen LogP contribution in [0.3, 0.4) is 0 Å². The first-order valence-corrected chi connectivity index (χ1v) is 6.81. The van der Waals surface area contributed by atoms with Gasteiger partial charge in [0, 0.05) is 24.5 Å². The quantitative estimate of drug-likeness (QED) is 0.941. The largest absolute Gasteiger partial charge is 0.352 e. The molecule has 0 fully saturated rings. The minimum atomic E-state index is -0.0559. The predicted octanol–water partition coefficient (Wildman–Crippen LogP) is 3.31. The van der Waals surface area contributed by atoms with Crippen molar-refractivity contribution in [3.63, 3.8) is 0 Å². The molecule has 0 unspecified atom stereocenters. The molecule has 18 heavy (non-hydrogen) atoms. The van der Waals surface area contributed by atoms with E-state index in [0.717, 1.165) is 11.1 Å². The molecule has 0 bridgehead atoms. The maximum Gasteiger partial charge on any atom is 0.224 e. The summed E-state index contributed by atoms with van der Waals surface area (Å²) < 4.78 is 1.24. The molecule has 2 aromatic heterocycles. The molecular weight excluding hydrogens is 291 g/mol. The van der Waals surface area contributed by atoms with Crippen LogP contribution in [0.4, 0.5) is 0 Å². The van der Waals surface area contributed by atoms with Crippen molar-refractivity contribution in [3.05, 3.63) is 50.4 Å². The lowest BCUT2D eigenvalue weighted by Crippen LogP contribution is -2.24. The van der Waals surface area contributed by atoms with Crippen LogP contribution in [-0.2, 0) is 17.8 Å². The van der Waals surface area contributed by atoms with E-state index in [0.29, 0.717) is 21.6 Å². The molecule has 3 nitrogen and oxygen atoms in total. The van der Waals surface area contributed by atoms with Gasteiger partial charge in [-0.3, -0.25) is 9.78 Å². The fourth-order valence-corrected chi connectivity index (χ4v) is 2.92. The van der Waals surface area contributed by atoms with Gasteiger partial charge in [-0.25, -0.2) is 0 Å².